The van der Waals surface area contributed by atoms with Crippen molar-refractivity contribution < 1.29 is 0 Å². The van der Waals surface area contributed by atoms with Crippen LogP contribution in [0.3, 0.4) is 0 Å². The maximum Gasteiger partial charge on any atom is 0.0801 e. The van der Waals surface area contributed by atoms with Gasteiger partial charge < -0.3 is 0 Å². The van der Waals surface area contributed by atoms with E-state index in [0.717, 1.165) is 16.8 Å². The van der Waals surface area contributed by atoms with Gasteiger partial charge in [0.15, 0.2) is 0 Å². The largest absolute Gasteiger partial charge is 0.260 e. The zero-order chi connectivity index (χ0) is 12.3. The quantitative estimate of drug-likeness (QED) is 0.615. The Balaban J connectivity index is 2.19. The van der Waals surface area contributed by atoms with Crippen LogP contribution >= 0.6 is 11.3 Å². The first-order chi connectivity index (χ1) is 8.20. The van der Waals surface area contributed by atoms with Gasteiger partial charge >= 0.3 is 0 Å². The molecule has 0 bridgehead atoms. The smallest absolute Gasteiger partial charge is 0.0801 e. The van der Waals surface area contributed by atoms with Crippen LogP contribution in [-0.2, 0) is 6.54 Å². The lowest BCUT2D eigenvalue weighted by molar-refractivity contribution is 0.342. The molecule has 0 aliphatic rings. The molecule has 4 nitrogen and oxygen atoms in total. The van der Waals surface area contributed by atoms with E-state index >= 15 is 0 Å². The topological polar surface area (TPSA) is 45.6 Å². The van der Waals surface area contributed by atoms with Crippen LogP contribution in [0.4, 0.5) is 0 Å². The molecule has 1 aromatic heterocycles. The molecule has 88 valence electrons. The highest BCUT2D eigenvalue weighted by molar-refractivity contribution is 7.13. The average molecular weight is 247 g/mol. The van der Waals surface area contributed by atoms with Gasteiger partial charge in [-0.25, -0.2) is 4.98 Å². The monoisotopic (exact) mass is 247 g/mol. The van der Waals surface area contributed by atoms with Crippen LogP contribution in [0.25, 0.3) is 10.4 Å². The predicted octanol–water partition coefficient (Wildman–Crippen LogP) is 3.23. The minimum Gasteiger partial charge on any atom is -0.260 e. The molecule has 0 saturated carbocycles. The predicted molar refractivity (Wildman–Crippen MR) is 69.5 cm³/mol. The van der Waals surface area contributed by atoms with Crippen LogP contribution in [0.1, 0.15) is 11.3 Å². The van der Waals surface area contributed by atoms with Crippen molar-refractivity contribution in [2.45, 2.75) is 13.5 Å². The first-order valence-electron chi connectivity index (χ1n) is 5.24. The van der Waals surface area contributed by atoms with Gasteiger partial charge in [0.05, 0.1) is 27.9 Å². The zero-order valence-electron chi connectivity index (χ0n) is 9.75. The molecule has 0 aliphatic heterocycles. The summed E-state index contributed by atoms with van der Waals surface area (Å²) < 4.78 is 0. The minimum atomic E-state index is 0.533. The fourth-order valence-electron chi connectivity index (χ4n) is 1.63. The molecule has 0 atom stereocenters. The van der Waals surface area contributed by atoms with Crippen molar-refractivity contribution in [3.8, 4) is 10.4 Å². The van der Waals surface area contributed by atoms with Gasteiger partial charge in [0.1, 0.15) is 0 Å². The summed E-state index contributed by atoms with van der Waals surface area (Å²) in [4.78, 5) is 15.7. The molecule has 2 aromatic rings. The second-order valence-corrected chi connectivity index (χ2v) is 4.72. The molecular weight excluding hydrogens is 234 g/mol. The molecule has 0 fully saturated rings. The van der Waals surface area contributed by atoms with Gasteiger partial charge in [0.25, 0.3) is 0 Å². The van der Waals surface area contributed by atoms with Crippen molar-refractivity contribution in [1.29, 1.82) is 0 Å². The lowest BCUT2D eigenvalue weighted by Crippen LogP contribution is -2.08. The summed E-state index contributed by atoms with van der Waals surface area (Å²) in [5, 5.41) is 4.21. The van der Waals surface area contributed by atoms with Gasteiger partial charge in [0, 0.05) is 7.05 Å². The Kier molecular flexibility index (Phi) is 3.49. The molecule has 0 unspecified atom stereocenters. The summed E-state index contributed by atoms with van der Waals surface area (Å²) in [5.41, 5.74) is 5.13. The molecule has 17 heavy (non-hydrogen) atoms. The van der Waals surface area contributed by atoms with Gasteiger partial charge in [-0.05, 0) is 18.1 Å². The van der Waals surface area contributed by atoms with E-state index in [9.17, 15) is 4.91 Å². The van der Waals surface area contributed by atoms with Crippen molar-refractivity contribution in [3.63, 3.8) is 0 Å². The van der Waals surface area contributed by atoms with Crippen LogP contribution in [-0.4, -0.2) is 17.0 Å². The van der Waals surface area contributed by atoms with Crippen LogP contribution in [0.5, 0.6) is 0 Å². The third-order valence-corrected chi connectivity index (χ3v) is 3.49. The molecule has 1 heterocycles. The minimum absolute atomic E-state index is 0.533. The molecule has 0 aliphatic carbocycles. The summed E-state index contributed by atoms with van der Waals surface area (Å²) in [6.07, 6.45) is 0. The Bertz CT molecular complexity index is 507. The molecule has 5 heteroatoms. The molecule has 0 N–H and O–H groups in total. The summed E-state index contributed by atoms with van der Waals surface area (Å²) in [5.74, 6) is 0. The zero-order valence-corrected chi connectivity index (χ0v) is 10.6. The number of hydrogen-bond donors (Lipinski definition) is 0. The Morgan fingerprint density at radius 1 is 1.35 bits per heavy atom. The maximum absolute atomic E-state index is 10.3. The number of nitrogens with zero attached hydrogens (tertiary/aromatic N) is 3. The van der Waals surface area contributed by atoms with Crippen molar-refractivity contribution in [3.05, 3.63) is 45.9 Å². The molecule has 0 saturated heterocycles. The SMILES string of the molecule is Cc1ncsc1-c1ccc(CN(C)N=O)cc1. The normalized spacial score (nSPS) is 10.2. The Morgan fingerprint density at radius 3 is 2.59 bits per heavy atom. The standard InChI is InChI=1S/C12H13N3OS/c1-9-12(17-8-13-9)11-5-3-10(4-6-11)7-15(2)14-16/h3-6,8H,7H2,1-2H3. The number of hydrogen-bond acceptors (Lipinski definition) is 4. The first-order valence-corrected chi connectivity index (χ1v) is 6.12. The van der Waals surface area contributed by atoms with Gasteiger partial charge in [0.2, 0.25) is 0 Å². The second kappa shape index (κ2) is 5.05. The van der Waals surface area contributed by atoms with Crippen LogP contribution < -0.4 is 0 Å². The van der Waals surface area contributed by atoms with Gasteiger partial charge in [-0.15, -0.1) is 16.2 Å². The molecular formula is C12H13N3OS. The highest BCUT2D eigenvalue weighted by Gasteiger charge is 2.05. The summed E-state index contributed by atoms with van der Waals surface area (Å²) in [7, 11) is 1.66. The van der Waals surface area contributed by atoms with Crippen molar-refractivity contribution in [1.82, 2.24) is 9.99 Å². The van der Waals surface area contributed by atoms with E-state index in [1.54, 1.807) is 18.4 Å². The fourth-order valence-corrected chi connectivity index (χ4v) is 2.45. The molecule has 1 aromatic carbocycles. The van der Waals surface area contributed by atoms with E-state index in [4.69, 9.17) is 0 Å². The van der Waals surface area contributed by atoms with E-state index in [2.05, 4.69) is 22.4 Å². The van der Waals surface area contributed by atoms with Crippen LogP contribution in [0, 0.1) is 11.8 Å². The number of nitroso groups, excluding NO2 is 1. The van der Waals surface area contributed by atoms with E-state index in [-0.39, 0.29) is 0 Å². The van der Waals surface area contributed by atoms with Crippen molar-refractivity contribution >= 4 is 11.3 Å². The van der Waals surface area contributed by atoms with E-state index in [1.165, 1.54) is 9.89 Å². The molecule has 0 spiro atoms. The first kappa shape index (κ1) is 11.7. The number of aryl methyl sites for hydroxylation is 1. The third kappa shape index (κ3) is 2.68. The van der Waals surface area contributed by atoms with Gasteiger partial charge in [-0.3, -0.25) is 5.01 Å². The Hall–Kier alpha value is -1.75. The number of rotatable bonds is 4. The van der Waals surface area contributed by atoms with Gasteiger partial charge in [-0.1, -0.05) is 24.3 Å². The summed E-state index contributed by atoms with van der Waals surface area (Å²) in [6.45, 7) is 2.54. The number of benzene rings is 1. The Labute approximate surface area is 104 Å². The summed E-state index contributed by atoms with van der Waals surface area (Å²) in [6, 6.07) is 8.12. The van der Waals surface area contributed by atoms with Crippen LogP contribution in [0.2, 0.25) is 0 Å². The second-order valence-electron chi connectivity index (χ2n) is 3.86. The van der Waals surface area contributed by atoms with Gasteiger partial charge in [-0.2, -0.15) is 0 Å². The maximum atomic E-state index is 10.3. The summed E-state index contributed by atoms with van der Waals surface area (Å²) >= 11 is 1.64. The fraction of sp³-hybridized carbons (Fsp3) is 0.250. The van der Waals surface area contributed by atoms with E-state index in [1.807, 2.05) is 24.6 Å². The van der Waals surface area contributed by atoms with Crippen molar-refractivity contribution in [2.75, 3.05) is 7.05 Å². The highest BCUT2D eigenvalue weighted by atomic mass is 32.1. The van der Waals surface area contributed by atoms with Crippen molar-refractivity contribution in [2.24, 2.45) is 5.29 Å². The number of aromatic nitrogens is 1. The average Bonchev–Trinajstić information content (AvgIpc) is 2.76. The Morgan fingerprint density at radius 2 is 2.06 bits per heavy atom. The lowest BCUT2D eigenvalue weighted by Gasteiger charge is -2.08. The lowest BCUT2D eigenvalue weighted by atomic mass is 10.1. The van der Waals surface area contributed by atoms with Crippen LogP contribution in [0.15, 0.2) is 35.1 Å². The van der Waals surface area contributed by atoms with E-state index < -0.39 is 0 Å². The molecule has 0 amide bonds. The molecule has 2 rings (SSSR count). The number of thiazole rings is 1. The molecule has 0 radical (unpaired) electrons. The highest BCUT2D eigenvalue weighted by Crippen LogP contribution is 2.27. The third-order valence-electron chi connectivity index (χ3n) is 2.51. The van der Waals surface area contributed by atoms with E-state index in [0.29, 0.717) is 6.54 Å².